The van der Waals surface area contributed by atoms with Crippen LogP contribution in [0.5, 0.6) is 0 Å². The van der Waals surface area contributed by atoms with Gasteiger partial charge in [-0.1, -0.05) is 60.7 Å². The Morgan fingerprint density at radius 3 is 2.31 bits per heavy atom. The fraction of sp³-hybridized carbons (Fsp3) is 0.346. The number of carbonyl (C=O) groups excluding carboxylic acids is 1. The van der Waals surface area contributed by atoms with E-state index < -0.39 is 35.3 Å². The molecule has 0 spiro atoms. The summed E-state index contributed by atoms with van der Waals surface area (Å²) in [6.07, 6.45) is -1.63. The lowest BCUT2D eigenvalue weighted by molar-refractivity contribution is -0.162. The van der Waals surface area contributed by atoms with Crippen molar-refractivity contribution in [3.63, 3.8) is 0 Å². The number of rotatable bonds is 10. The molecule has 3 aromatic rings. The Kier molecular flexibility index (Phi) is 7.72. The number of ether oxygens (including phenoxy) is 3. The molecular formula is C26H28N2O7. The van der Waals surface area contributed by atoms with Crippen LogP contribution in [0, 0.1) is 6.92 Å². The van der Waals surface area contributed by atoms with Gasteiger partial charge < -0.3 is 24.1 Å². The molecule has 0 unspecified atom stereocenters. The van der Waals surface area contributed by atoms with E-state index in [-0.39, 0.29) is 31.8 Å². The van der Waals surface area contributed by atoms with Gasteiger partial charge >= 0.3 is 5.69 Å². The van der Waals surface area contributed by atoms with Gasteiger partial charge in [0.15, 0.2) is 6.23 Å². The number of carbonyl (C=O) groups is 1. The minimum atomic E-state index is -1.36. The van der Waals surface area contributed by atoms with Gasteiger partial charge in [-0.15, -0.1) is 0 Å². The van der Waals surface area contributed by atoms with Crippen molar-refractivity contribution in [2.75, 3.05) is 6.61 Å². The minimum Gasteiger partial charge on any atom is -0.386 e. The molecule has 2 aromatic carbocycles. The number of nitrogens with zero attached hydrogens (tertiary/aromatic N) is 1. The summed E-state index contributed by atoms with van der Waals surface area (Å²) in [4.78, 5) is 38.4. The number of aliphatic hydroxyl groups excluding tert-OH is 1. The molecule has 2 N–H and O–H groups in total. The SMILES string of the molecule is Cc1cn([C@@H]2O[C@](CC=O)(COCc3ccccc3)[C@@H](OCc3ccccc3)[C@H]2O)c(=O)[nH]c1=O. The predicted molar refractivity (Wildman–Crippen MR) is 127 cm³/mol. The Labute approximate surface area is 201 Å². The molecule has 9 nitrogen and oxygen atoms in total. The maximum absolute atomic E-state index is 12.6. The van der Waals surface area contributed by atoms with E-state index in [1.807, 2.05) is 60.7 Å². The molecule has 4 rings (SSSR count). The van der Waals surface area contributed by atoms with Crippen LogP contribution < -0.4 is 11.2 Å². The molecule has 1 aliphatic heterocycles. The molecule has 35 heavy (non-hydrogen) atoms. The normalized spacial score (nSPS) is 23.9. The number of hydrogen-bond donors (Lipinski definition) is 2. The number of aryl methyl sites for hydroxylation is 1. The van der Waals surface area contributed by atoms with Crippen molar-refractivity contribution in [3.8, 4) is 0 Å². The quantitative estimate of drug-likeness (QED) is 0.425. The first-order valence-electron chi connectivity index (χ1n) is 11.3. The Morgan fingerprint density at radius 1 is 1.06 bits per heavy atom. The fourth-order valence-electron chi connectivity index (χ4n) is 4.24. The Balaban J connectivity index is 1.64. The van der Waals surface area contributed by atoms with Gasteiger partial charge in [0, 0.05) is 18.2 Å². The summed E-state index contributed by atoms with van der Waals surface area (Å²) in [5, 5.41) is 11.3. The summed E-state index contributed by atoms with van der Waals surface area (Å²) in [6, 6.07) is 18.9. The molecule has 2 heterocycles. The molecule has 1 aromatic heterocycles. The second-order valence-corrected chi connectivity index (χ2v) is 8.61. The number of benzene rings is 2. The van der Waals surface area contributed by atoms with E-state index in [4.69, 9.17) is 14.2 Å². The van der Waals surface area contributed by atoms with E-state index in [0.29, 0.717) is 6.29 Å². The largest absolute Gasteiger partial charge is 0.386 e. The zero-order valence-corrected chi connectivity index (χ0v) is 19.3. The van der Waals surface area contributed by atoms with Crippen LogP contribution in [0.25, 0.3) is 0 Å². The number of aromatic nitrogens is 2. The molecule has 1 aliphatic rings. The summed E-state index contributed by atoms with van der Waals surface area (Å²) in [7, 11) is 0. The summed E-state index contributed by atoms with van der Waals surface area (Å²) in [6.45, 7) is 1.89. The van der Waals surface area contributed by atoms with Crippen molar-refractivity contribution < 1.29 is 24.1 Å². The third-order valence-corrected chi connectivity index (χ3v) is 6.06. The summed E-state index contributed by atoms with van der Waals surface area (Å²) >= 11 is 0. The molecule has 1 saturated heterocycles. The number of aldehydes is 1. The van der Waals surface area contributed by atoms with Crippen LogP contribution in [0.3, 0.4) is 0 Å². The molecule has 184 valence electrons. The molecule has 1 fully saturated rings. The maximum Gasteiger partial charge on any atom is 0.330 e. The van der Waals surface area contributed by atoms with Gasteiger partial charge in [-0.05, 0) is 18.1 Å². The molecule has 4 atom stereocenters. The number of nitrogens with one attached hydrogen (secondary N) is 1. The average molecular weight is 481 g/mol. The van der Waals surface area contributed by atoms with Crippen molar-refractivity contribution in [2.45, 2.75) is 50.6 Å². The first-order valence-corrected chi connectivity index (χ1v) is 11.3. The zero-order valence-electron chi connectivity index (χ0n) is 19.3. The fourth-order valence-corrected chi connectivity index (χ4v) is 4.24. The third kappa shape index (κ3) is 5.49. The molecule has 9 heteroatoms. The van der Waals surface area contributed by atoms with Gasteiger partial charge in [-0.2, -0.15) is 0 Å². The highest BCUT2D eigenvalue weighted by Crippen LogP contribution is 2.41. The van der Waals surface area contributed by atoms with E-state index in [0.717, 1.165) is 15.7 Å². The summed E-state index contributed by atoms with van der Waals surface area (Å²) in [5.41, 5.74) is -0.558. The highest BCUT2D eigenvalue weighted by Gasteiger charge is 2.56. The van der Waals surface area contributed by atoms with Crippen LogP contribution >= 0.6 is 0 Å². The molecule has 0 bridgehead atoms. The molecule has 0 amide bonds. The van der Waals surface area contributed by atoms with Crippen LogP contribution in [-0.2, 0) is 32.2 Å². The van der Waals surface area contributed by atoms with E-state index in [9.17, 15) is 19.5 Å². The predicted octanol–water partition coefficient (Wildman–Crippen LogP) is 1.86. The standard InChI is InChI=1S/C26H28N2O7/c1-18-14-28(25(32)27-23(18)31)24-21(30)22(34-16-20-10-6-3-7-11-20)26(35-24,12-13-29)17-33-15-19-8-4-2-5-9-19/h2-11,13-14,21-22,24,30H,12,15-17H2,1H3,(H,27,31,32)/t21-,22+,24-,26-/m1/s1. The van der Waals surface area contributed by atoms with Gasteiger partial charge in [0.05, 0.1) is 19.8 Å². The van der Waals surface area contributed by atoms with Gasteiger partial charge in [0.25, 0.3) is 5.56 Å². The highest BCUT2D eigenvalue weighted by molar-refractivity contribution is 5.52. The Morgan fingerprint density at radius 2 is 1.69 bits per heavy atom. The van der Waals surface area contributed by atoms with Crippen LogP contribution in [0.2, 0.25) is 0 Å². The van der Waals surface area contributed by atoms with E-state index in [1.165, 1.54) is 6.20 Å². The number of H-pyrrole nitrogens is 1. The van der Waals surface area contributed by atoms with Crippen LogP contribution in [0.1, 0.15) is 29.3 Å². The van der Waals surface area contributed by atoms with Crippen molar-refractivity contribution in [1.29, 1.82) is 0 Å². The average Bonchev–Trinajstić information content (AvgIpc) is 3.12. The minimum absolute atomic E-state index is 0.0647. The monoisotopic (exact) mass is 480 g/mol. The number of aromatic amines is 1. The lowest BCUT2D eigenvalue weighted by atomic mass is 9.92. The summed E-state index contributed by atoms with van der Waals surface area (Å²) in [5.74, 6) is 0. The van der Waals surface area contributed by atoms with Crippen LogP contribution in [-0.4, -0.2) is 45.4 Å². The number of hydrogen-bond acceptors (Lipinski definition) is 7. The van der Waals surface area contributed by atoms with Crippen LogP contribution in [0.15, 0.2) is 76.4 Å². The van der Waals surface area contributed by atoms with Crippen molar-refractivity contribution in [3.05, 3.63) is 104 Å². The lowest BCUT2D eigenvalue weighted by Crippen LogP contribution is -2.49. The highest BCUT2D eigenvalue weighted by atomic mass is 16.6. The Bertz CT molecular complexity index is 1240. The lowest BCUT2D eigenvalue weighted by Gasteiger charge is -2.33. The zero-order chi connectivity index (χ0) is 24.8. The van der Waals surface area contributed by atoms with Gasteiger partial charge in [0.2, 0.25) is 0 Å². The van der Waals surface area contributed by atoms with E-state index >= 15 is 0 Å². The second kappa shape index (κ2) is 10.9. The molecule has 0 saturated carbocycles. The number of aliphatic hydroxyl groups is 1. The van der Waals surface area contributed by atoms with Crippen molar-refractivity contribution in [2.24, 2.45) is 0 Å². The molecule has 0 aliphatic carbocycles. The van der Waals surface area contributed by atoms with Gasteiger partial charge in [-0.25, -0.2) is 4.79 Å². The van der Waals surface area contributed by atoms with Crippen molar-refractivity contribution in [1.82, 2.24) is 9.55 Å². The van der Waals surface area contributed by atoms with Gasteiger partial charge in [0.1, 0.15) is 24.1 Å². The second-order valence-electron chi connectivity index (χ2n) is 8.61. The van der Waals surface area contributed by atoms with E-state index in [1.54, 1.807) is 6.92 Å². The maximum atomic E-state index is 12.6. The third-order valence-electron chi connectivity index (χ3n) is 6.06. The smallest absolute Gasteiger partial charge is 0.330 e. The van der Waals surface area contributed by atoms with Gasteiger partial charge in [-0.3, -0.25) is 14.3 Å². The van der Waals surface area contributed by atoms with E-state index in [2.05, 4.69) is 4.98 Å². The molecular weight excluding hydrogens is 452 g/mol. The molecule has 0 radical (unpaired) electrons. The summed E-state index contributed by atoms with van der Waals surface area (Å²) < 4.78 is 19.4. The first kappa shape index (κ1) is 24.7. The van der Waals surface area contributed by atoms with Crippen molar-refractivity contribution >= 4 is 6.29 Å². The van der Waals surface area contributed by atoms with Crippen LogP contribution in [0.4, 0.5) is 0 Å². The Hall–Kier alpha value is -3.37. The topological polar surface area (TPSA) is 120 Å². The first-order chi connectivity index (χ1) is 16.9.